The van der Waals surface area contributed by atoms with E-state index >= 15 is 0 Å². The highest BCUT2D eigenvalue weighted by Gasteiger charge is 2.49. The van der Waals surface area contributed by atoms with Gasteiger partial charge in [-0.25, -0.2) is 0 Å². The minimum Gasteiger partial charge on any atom is -0.493 e. The van der Waals surface area contributed by atoms with Crippen LogP contribution in [0.5, 0.6) is 11.5 Å². The summed E-state index contributed by atoms with van der Waals surface area (Å²) in [4.78, 5) is 0. The average Bonchev–Trinajstić information content (AvgIpc) is 2.62. The van der Waals surface area contributed by atoms with Crippen LogP contribution in [0.15, 0.2) is 36.4 Å². The van der Waals surface area contributed by atoms with Gasteiger partial charge in [0.25, 0.3) is 0 Å². The van der Waals surface area contributed by atoms with Crippen LogP contribution in [0.4, 0.5) is 0 Å². The summed E-state index contributed by atoms with van der Waals surface area (Å²) in [5, 5.41) is 0. The Morgan fingerprint density at radius 1 is 0.828 bits per heavy atom. The second-order valence-corrected chi connectivity index (χ2v) is 18.6. The molecular formula is C23H34O4Si2. The lowest BCUT2D eigenvalue weighted by atomic mass is 9.74. The van der Waals surface area contributed by atoms with E-state index in [1.807, 2.05) is 6.07 Å². The standard InChI is InChI=1S/C23H34O4Si2/c1-23(27-29(7,8)9)18-13-11-10-12-16(18)20-17(22(23)26-28(4,5)6)14-15-19(24-2)21(20)25-3/h10-15,22H,1-9H3/t22-,23+/m0/s1. The maximum atomic E-state index is 6.90. The number of methoxy groups -OCH3 is 2. The van der Waals surface area contributed by atoms with E-state index in [9.17, 15) is 0 Å². The first-order chi connectivity index (χ1) is 13.4. The molecule has 0 aromatic heterocycles. The normalized spacial score (nSPS) is 21.3. The Morgan fingerprint density at radius 3 is 2.03 bits per heavy atom. The first kappa shape index (κ1) is 22.1. The molecule has 0 aliphatic heterocycles. The van der Waals surface area contributed by atoms with Gasteiger partial charge < -0.3 is 18.3 Å². The highest BCUT2D eigenvalue weighted by Crippen LogP contribution is 2.57. The number of hydrogen-bond acceptors (Lipinski definition) is 4. The van der Waals surface area contributed by atoms with Crippen LogP contribution in [0.2, 0.25) is 39.3 Å². The second kappa shape index (κ2) is 7.58. The Bertz CT molecular complexity index is 899. The van der Waals surface area contributed by atoms with Gasteiger partial charge in [-0.1, -0.05) is 30.3 Å². The van der Waals surface area contributed by atoms with E-state index in [1.54, 1.807) is 14.2 Å². The molecule has 2 aromatic rings. The highest BCUT2D eigenvalue weighted by molar-refractivity contribution is 6.70. The minimum atomic E-state index is -1.88. The van der Waals surface area contributed by atoms with Crippen molar-refractivity contribution in [2.45, 2.75) is 57.9 Å². The molecule has 1 aliphatic carbocycles. The monoisotopic (exact) mass is 430 g/mol. The fourth-order valence-electron chi connectivity index (χ4n) is 4.28. The molecular weight excluding hydrogens is 396 g/mol. The average molecular weight is 431 g/mol. The van der Waals surface area contributed by atoms with Crippen LogP contribution in [0.25, 0.3) is 11.1 Å². The lowest BCUT2D eigenvalue weighted by Crippen LogP contribution is -2.48. The maximum absolute atomic E-state index is 6.90. The quantitative estimate of drug-likeness (QED) is 0.501. The number of ether oxygens (including phenoxy) is 2. The third-order valence-electron chi connectivity index (χ3n) is 5.08. The summed E-state index contributed by atoms with van der Waals surface area (Å²) < 4.78 is 25.2. The van der Waals surface area contributed by atoms with Gasteiger partial charge in [-0.15, -0.1) is 0 Å². The molecule has 0 radical (unpaired) electrons. The molecule has 0 saturated carbocycles. The molecule has 0 unspecified atom stereocenters. The molecule has 0 saturated heterocycles. The van der Waals surface area contributed by atoms with Gasteiger partial charge in [0.05, 0.1) is 14.2 Å². The Morgan fingerprint density at radius 2 is 1.48 bits per heavy atom. The summed E-state index contributed by atoms with van der Waals surface area (Å²) in [7, 11) is -0.399. The molecule has 0 spiro atoms. The second-order valence-electron chi connectivity index (χ2n) is 9.74. The first-order valence-corrected chi connectivity index (χ1v) is 17.0. The molecule has 0 amide bonds. The van der Waals surface area contributed by atoms with Crippen LogP contribution in [0.3, 0.4) is 0 Å². The van der Waals surface area contributed by atoms with Gasteiger partial charge in [0.15, 0.2) is 28.1 Å². The van der Waals surface area contributed by atoms with Crippen molar-refractivity contribution in [3.8, 4) is 22.6 Å². The molecule has 2 aromatic carbocycles. The van der Waals surface area contributed by atoms with Crippen molar-refractivity contribution in [1.29, 1.82) is 0 Å². The van der Waals surface area contributed by atoms with Crippen LogP contribution in [0, 0.1) is 0 Å². The zero-order valence-corrected chi connectivity index (χ0v) is 21.2. The molecule has 6 heteroatoms. The van der Waals surface area contributed by atoms with Gasteiger partial charge in [0.2, 0.25) is 0 Å². The van der Waals surface area contributed by atoms with Crippen molar-refractivity contribution in [2.24, 2.45) is 0 Å². The number of hydrogen-bond donors (Lipinski definition) is 0. The third-order valence-corrected chi connectivity index (χ3v) is 7.06. The molecule has 29 heavy (non-hydrogen) atoms. The third kappa shape index (κ3) is 4.17. The van der Waals surface area contributed by atoms with Gasteiger partial charge in [0, 0.05) is 5.56 Å². The van der Waals surface area contributed by atoms with Crippen molar-refractivity contribution < 1.29 is 18.3 Å². The Balaban J connectivity index is 2.37. The molecule has 1 aliphatic rings. The maximum Gasteiger partial charge on any atom is 0.185 e. The lowest BCUT2D eigenvalue weighted by molar-refractivity contribution is -0.0459. The Hall–Kier alpha value is -1.61. The topological polar surface area (TPSA) is 36.9 Å². The molecule has 4 nitrogen and oxygen atoms in total. The fourth-order valence-corrected chi connectivity index (χ4v) is 6.83. The molecule has 158 valence electrons. The lowest BCUT2D eigenvalue weighted by Gasteiger charge is -2.48. The minimum absolute atomic E-state index is 0.217. The largest absolute Gasteiger partial charge is 0.493 e. The van der Waals surface area contributed by atoms with E-state index in [1.165, 1.54) is 0 Å². The van der Waals surface area contributed by atoms with Crippen molar-refractivity contribution in [2.75, 3.05) is 14.2 Å². The van der Waals surface area contributed by atoms with Crippen molar-refractivity contribution in [3.63, 3.8) is 0 Å². The first-order valence-electron chi connectivity index (χ1n) is 10.1. The van der Waals surface area contributed by atoms with Crippen LogP contribution in [0.1, 0.15) is 24.2 Å². The van der Waals surface area contributed by atoms with E-state index in [-0.39, 0.29) is 6.10 Å². The summed E-state index contributed by atoms with van der Waals surface area (Å²) in [5.74, 6) is 1.47. The van der Waals surface area contributed by atoms with Crippen LogP contribution >= 0.6 is 0 Å². The summed E-state index contributed by atoms with van der Waals surface area (Å²) in [6.07, 6.45) is -0.217. The number of benzene rings is 2. The van der Waals surface area contributed by atoms with E-state index < -0.39 is 22.2 Å². The Labute approximate surface area is 177 Å². The van der Waals surface area contributed by atoms with Crippen molar-refractivity contribution in [3.05, 3.63) is 47.5 Å². The fraction of sp³-hybridized carbons (Fsp3) is 0.478. The van der Waals surface area contributed by atoms with Gasteiger partial charge in [0.1, 0.15) is 11.7 Å². The predicted molar refractivity (Wildman–Crippen MR) is 124 cm³/mol. The molecule has 0 bridgehead atoms. The summed E-state index contributed by atoms with van der Waals surface area (Å²) in [5.41, 5.74) is 3.83. The van der Waals surface area contributed by atoms with Gasteiger partial charge >= 0.3 is 0 Å². The molecule has 0 heterocycles. The highest BCUT2D eigenvalue weighted by atomic mass is 28.4. The van der Waals surface area contributed by atoms with Gasteiger partial charge in [-0.3, -0.25) is 0 Å². The zero-order chi connectivity index (χ0) is 21.6. The van der Waals surface area contributed by atoms with E-state index in [2.05, 4.69) is 76.5 Å². The molecule has 0 N–H and O–H groups in total. The summed E-state index contributed by atoms with van der Waals surface area (Å²) in [6, 6.07) is 12.5. The van der Waals surface area contributed by atoms with E-state index in [4.69, 9.17) is 18.3 Å². The molecule has 3 rings (SSSR count). The number of fused-ring (bicyclic) bond motifs is 3. The smallest absolute Gasteiger partial charge is 0.185 e. The van der Waals surface area contributed by atoms with E-state index in [0.29, 0.717) is 0 Å². The van der Waals surface area contributed by atoms with Gasteiger partial charge in [-0.2, -0.15) is 0 Å². The predicted octanol–water partition coefficient (Wildman–Crippen LogP) is 6.34. The number of rotatable bonds is 6. The van der Waals surface area contributed by atoms with Crippen LogP contribution < -0.4 is 9.47 Å². The molecule has 0 fully saturated rings. The summed E-state index contributed by atoms with van der Waals surface area (Å²) in [6.45, 7) is 15.6. The van der Waals surface area contributed by atoms with Crippen molar-refractivity contribution >= 4 is 16.6 Å². The SMILES string of the molecule is COc1ccc2c(c1OC)-c1ccccc1[C@@](C)(O[Si](C)(C)C)[C@H]2O[Si](C)(C)C. The Kier molecular flexibility index (Phi) is 5.77. The van der Waals surface area contributed by atoms with Crippen LogP contribution in [-0.4, -0.2) is 30.9 Å². The summed E-state index contributed by atoms with van der Waals surface area (Å²) >= 11 is 0. The van der Waals surface area contributed by atoms with Crippen LogP contribution in [-0.2, 0) is 14.5 Å². The zero-order valence-electron chi connectivity index (χ0n) is 19.2. The molecule has 2 atom stereocenters. The van der Waals surface area contributed by atoms with Crippen molar-refractivity contribution in [1.82, 2.24) is 0 Å². The van der Waals surface area contributed by atoms with E-state index in [0.717, 1.165) is 33.8 Å². The van der Waals surface area contributed by atoms with Gasteiger partial charge in [-0.05, 0) is 69.0 Å².